The predicted molar refractivity (Wildman–Crippen MR) is 101 cm³/mol. The van der Waals surface area contributed by atoms with Crippen LogP contribution in [-0.2, 0) is 11.2 Å². The summed E-state index contributed by atoms with van der Waals surface area (Å²) in [5, 5.41) is 6.83. The lowest BCUT2D eigenvalue weighted by Gasteiger charge is -2.05. The van der Waals surface area contributed by atoms with Crippen LogP contribution in [0.5, 0.6) is 0 Å². The molecule has 0 unspecified atom stereocenters. The van der Waals surface area contributed by atoms with Gasteiger partial charge in [0, 0.05) is 33.8 Å². The number of anilines is 1. The van der Waals surface area contributed by atoms with Gasteiger partial charge in [-0.3, -0.25) is 4.79 Å². The smallest absolute Gasteiger partial charge is 0.228 e. The lowest BCUT2D eigenvalue weighted by atomic mass is 10.1. The second-order valence-corrected chi connectivity index (χ2v) is 6.79. The van der Waals surface area contributed by atoms with Gasteiger partial charge in [-0.15, -0.1) is 11.3 Å². The van der Waals surface area contributed by atoms with Gasteiger partial charge in [0.05, 0.1) is 12.7 Å². The fourth-order valence-corrected chi connectivity index (χ4v) is 3.41. The normalized spacial score (nSPS) is 10.9. The van der Waals surface area contributed by atoms with Crippen molar-refractivity contribution in [1.29, 1.82) is 0 Å². The van der Waals surface area contributed by atoms with E-state index in [1.165, 1.54) is 0 Å². The molecule has 0 atom stereocenters. The highest BCUT2D eigenvalue weighted by Gasteiger charge is 2.11. The first-order valence-electron chi connectivity index (χ1n) is 7.95. The molecule has 124 valence electrons. The predicted octanol–water partition coefficient (Wildman–Crippen LogP) is 5.05. The summed E-state index contributed by atoms with van der Waals surface area (Å²) in [6.45, 7) is 2.02. The molecule has 0 saturated heterocycles. The summed E-state index contributed by atoms with van der Waals surface area (Å²) in [5.74, 6) is -0.0646. The van der Waals surface area contributed by atoms with Gasteiger partial charge in [0.1, 0.15) is 10.6 Å². The van der Waals surface area contributed by atoms with Crippen LogP contribution >= 0.6 is 11.3 Å². The Balaban J connectivity index is 1.46. The largest absolute Gasteiger partial charge is 0.464 e. The molecule has 0 aliphatic heterocycles. The number of aryl methyl sites for hydroxylation is 1. The van der Waals surface area contributed by atoms with Gasteiger partial charge in [-0.05, 0) is 42.8 Å². The van der Waals surface area contributed by atoms with E-state index in [-0.39, 0.29) is 12.3 Å². The minimum absolute atomic E-state index is 0.0646. The van der Waals surface area contributed by atoms with Crippen LogP contribution in [0.2, 0.25) is 0 Å². The molecular formula is C20H16N2O2S. The lowest BCUT2D eigenvalue weighted by Crippen LogP contribution is -2.14. The number of benzene rings is 2. The molecule has 1 amide bonds. The van der Waals surface area contributed by atoms with Gasteiger partial charge >= 0.3 is 0 Å². The number of thiazole rings is 1. The summed E-state index contributed by atoms with van der Waals surface area (Å²) in [6, 6.07) is 13.7. The van der Waals surface area contributed by atoms with Crippen LogP contribution in [0.15, 0.2) is 64.7 Å². The molecule has 0 saturated carbocycles. The van der Waals surface area contributed by atoms with Gasteiger partial charge in [0.2, 0.25) is 5.91 Å². The van der Waals surface area contributed by atoms with E-state index in [1.807, 2.05) is 54.8 Å². The molecule has 0 spiro atoms. The minimum atomic E-state index is -0.0646. The molecule has 25 heavy (non-hydrogen) atoms. The third kappa shape index (κ3) is 3.32. The first-order valence-corrected chi connectivity index (χ1v) is 8.83. The number of furan rings is 1. The Labute approximate surface area is 149 Å². The lowest BCUT2D eigenvalue weighted by molar-refractivity contribution is -0.115. The molecule has 1 N–H and O–H groups in total. The van der Waals surface area contributed by atoms with Crippen molar-refractivity contribution >= 4 is 33.9 Å². The molecule has 0 aliphatic carbocycles. The maximum absolute atomic E-state index is 12.3. The van der Waals surface area contributed by atoms with Gasteiger partial charge in [-0.25, -0.2) is 4.98 Å². The number of fused-ring (bicyclic) bond motifs is 1. The quantitative estimate of drug-likeness (QED) is 0.562. The number of aromatic nitrogens is 1. The van der Waals surface area contributed by atoms with Crippen LogP contribution in [0.3, 0.4) is 0 Å². The van der Waals surface area contributed by atoms with Crippen LogP contribution in [0.25, 0.3) is 21.5 Å². The van der Waals surface area contributed by atoms with Crippen molar-refractivity contribution in [2.45, 2.75) is 13.3 Å². The van der Waals surface area contributed by atoms with Gasteiger partial charge in [0.15, 0.2) is 0 Å². The Morgan fingerprint density at radius 1 is 1.20 bits per heavy atom. The van der Waals surface area contributed by atoms with E-state index >= 15 is 0 Å². The number of rotatable bonds is 4. The molecule has 4 aromatic rings. The van der Waals surface area contributed by atoms with Crippen molar-refractivity contribution in [1.82, 2.24) is 4.98 Å². The highest BCUT2D eigenvalue weighted by Crippen LogP contribution is 2.25. The number of carbonyl (C=O) groups is 1. The van der Waals surface area contributed by atoms with Crippen molar-refractivity contribution in [3.8, 4) is 10.6 Å². The average Bonchev–Trinajstić information content (AvgIpc) is 3.26. The second-order valence-electron chi connectivity index (χ2n) is 5.90. The Bertz CT molecular complexity index is 1020. The first kappa shape index (κ1) is 15.6. The van der Waals surface area contributed by atoms with Crippen LogP contribution in [0.1, 0.15) is 11.1 Å². The van der Waals surface area contributed by atoms with Crippen molar-refractivity contribution in [2.24, 2.45) is 0 Å². The third-order valence-corrected chi connectivity index (χ3v) is 4.83. The van der Waals surface area contributed by atoms with Crippen LogP contribution < -0.4 is 5.32 Å². The van der Waals surface area contributed by atoms with Gasteiger partial charge < -0.3 is 9.73 Å². The van der Waals surface area contributed by atoms with E-state index in [4.69, 9.17) is 4.42 Å². The van der Waals surface area contributed by atoms with E-state index < -0.39 is 0 Å². The van der Waals surface area contributed by atoms with E-state index in [9.17, 15) is 4.79 Å². The Hall–Kier alpha value is -2.92. The maximum atomic E-state index is 12.3. The molecule has 0 fully saturated rings. The zero-order chi connectivity index (χ0) is 17.2. The summed E-state index contributed by atoms with van der Waals surface area (Å²) in [5.41, 5.74) is 4.67. The standard InChI is InChI=1S/C20H16N2O2S/c1-13-2-7-17-15(12-24-18(17)10-13)11-19(23)22-16-5-3-14(4-6-16)20-21-8-9-25-20/h2-10,12H,11H2,1H3,(H,22,23). The van der Waals surface area contributed by atoms with Gasteiger partial charge in [-0.1, -0.05) is 12.1 Å². The molecular weight excluding hydrogens is 332 g/mol. The van der Waals surface area contributed by atoms with Crippen molar-refractivity contribution in [3.05, 3.63) is 71.4 Å². The van der Waals surface area contributed by atoms with Crippen molar-refractivity contribution in [2.75, 3.05) is 5.32 Å². The van der Waals surface area contributed by atoms with Crippen molar-refractivity contribution in [3.63, 3.8) is 0 Å². The van der Waals surface area contributed by atoms with Gasteiger partial charge in [0.25, 0.3) is 0 Å². The monoisotopic (exact) mass is 348 g/mol. The Morgan fingerprint density at radius 2 is 2.04 bits per heavy atom. The number of nitrogens with zero attached hydrogens (tertiary/aromatic N) is 1. The second kappa shape index (κ2) is 6.53. The molecule has 0 bridgehead atoms. The number of hydrogen-bond donors (Lipinski definition) is 1. The van der Waals surface area contributed by atoms with Crippen LogP contribution in [0, 0.1) is 6.92 Å². The molecule has 2 heterocycles. The Morgan fingerprint density at radius 3 is 2.80 bits per heavy atom. The highest BCUT2D eigenvalue weighted by atomic mass is 32.1. The Kier molecular flexibility index (Phi) is 4.07. The topological polar surface area (TPSA) is 55.1 Å². The molecule has 0 radical (unpaired) electrons. The van der Waals surface area contributed by atoms with E-state index in [1.54, 1.807) is 23.8 Å². The molecule has 0 aliphatic rings. The third-order valence-electron chi connectivity index (χ3n) is 4.01. The average molecular weight is 348 g/mol. The molecule has 5 heteroatoms. The SMILES string of the molecule is Cc1ccc2c(CC(=O)Nc3ccc(-c4nccs4)cc3)coc2c1. The first-order chi connectivity index (χ1) is 12.2. The molecule has 4 rings (SSSR count). The van der Waals surface area contributed by atoms with E-state index in [2.05, 4.69) is 10.3 Å². The highest BCUT2D eigenvalue weighted by molar-refractivity contribution is 7.13. The summed E-state index contributed by atoms with van der Waals surface area (Å²) in [4.78, 5) is 16.6. The summed E-state index contributed by atoms with van der Waals surface area (Å²) < 4.78 is 5.55. The van der Waals surface area contributed by atoms with Gasteiger partial charge in [-0.2, -0.15) is 0 Å². The maximum Gasteiger partial charge on any atom is 0.228 e. The fourth-order valence-electron chi connectivity index (χ4n) is 2.77. The summed E-state index contributed by atoms with van der Waals surface area (Å²) in [7, 11) is 0. The number of nitrogens with one attached hydrogen (secondary N) is 1. The summed E-state index contributed by atoms with van der Waals surface area (Å²) in [6.07, 6.45) is 3.73. The number of hydrogen-bond acceptors (Lipinski definition) is 4. The molecule has 2 aromatic heterocycles. The minimum Gasteiger partial charge on any atom is -0.464 e. The van der Waals surface area contributed by atoms with Crippen molar-refractivity contribution < 1.29 is 9.21 Å². The van der Waals surface area contributed by atoms with Crippen LogP contribution in [-0.4, -0.2) is 10.9 Å². The zero-order valence-electron chi connectivity index (χ0n) is 13.7. The van der Waals surface area contributed by atoms with E-state index in [0.717, 1.165) is 38.4 Å². The number of carbonyl (C=O) groups excluding carboxylic acids is 1. The fraction of sp³-hybridized carbons (Fsp3) is 0.100. The number of amides is 1. The molecule has 2 aromatic carbocycles. The summed E-state index contributed by atoms with van der Waals surface area (Å²) >= 11 is 1.59. The molecule has 4 nitrogen and oxygen atoms in total. The zero-order valence-corrected chi connectivity index (χ0v) is 14.5. The van der Waals surface area contributed by atoms with Crippen LogP contribution in [0.4, 0.5) is 5.69 Å². The van der Waals surface area contributed by atoms with E-state index in [0.29, 0.717) is 0 Å².